The lowest BCUT2D eigenvalue weighted by atomic mass is 9.94. The van der Waals surface area contributed by atoms with E-state index in [0.29, 0.717) is 0 Å². The SMILES string of the molecule is Cc1ccc(C2CC(C(F)(F)F)n3ncc(C(=O)N(C)C4CCCCC4)c3N2)cc1. The molecular weight excluding hydrogens is 393 g/mol. The van der Waals surface area contributed by atoms with Crippen molar-refractivity contribution < 1.29 is 18.0 Å². The highest BCUT2D eigenvalue weighted by Gasteiger charge is 2.47. The van der Waals surface area contributed by atoms with E-state index in [4.69, 9.17) is 0 Å². The van der Waals surface area contributed by atoms with Crippen LogP contribution in [-0.2, 0) is 0 Å². The molecule has 0 spiro atoms. The average Bonchev–Trinajstić information content (AvgIpc) is 3.16. The minimum atomic E-state index is -4.46. The lowest BCUT2D eigenvalue weighted by Crippen LogP contribution is -2.39. The number of fused-ring (bicyclic) bond motifs is 1. The fourth-order valence-electron chi connectivity index (χ4n) is 4.56. The topological polar surface area (TPSA) is 50.2 Å². The second kappa shape index (κ2) is 7.96. The fourth-order valence-corrected chi connectivity index (χ4v) is 4.56. The number of halogens is 3. The van der Waals surface area contributed by atoms with Gasteiger partial charge in [-0.3, -0.25) is 4.79 Å². The van der Waals surface area contributed by atoms with Gasteiger partial charge in [0, 0.05) is 19.5 Å². The van der Waals surface area contributed by atoms with Crippen molar-refractivity contribution in [3.8, 4) is 0 Å². The molecule has 0 radical (unpaired) electrons. The molecule has 1 N–H and O–H groups in total. The van der Waals surface area contributed by atoms with Crippen LogP contribution in [0.15, 0.2) is 30.5 Å². The maximum absolute atomic E-state index is 13.8. The molecule has 1 aromatic carbocycles. The number of carbonyl (C=O) groups excluding carboxylic acids is 1. The minimum absolute atomic E-state index is 0.122. The van der Waals surface area contributed by atoms with Gasteiger partial charge in [0.25, 0.3) is 5.91 Å². The van der Waals surface area contributed by atoms with E-state index in [1.807, 2.05) is 31.2 Å². The molecule has 162 valence electrons. The highest BCUT2D eigenvalue weighted by molar-refractivity contribution is 5.99. The van der Waals surface area contributed by atoms with Gasteiger partial charge >= 0.3 is 6.18 Å². The number of amides is 1. The summed E-state index contributed by atoms with van der Waals surface area (Å²) in [6, 6.07) is 5.24. The van der Waals surface area contributed by atoms with Crippen LogP contribution in [0.2, 0.25) is 0 Å². The van der Waals surface area contributed by atoms with Crippen LogP contribution >= 0.6 is 0 Å². The molecule has 2 heterocycles. The van der Waals surface area contributed by atoms with E-state index < -0.39 is 18.3 Å². The van der Waals surface area contributed by atoms with Crippen molar-refractivity contribution in [3.05, 3.63) is 47.2 Å². The highest BCUT2D eigenvalue weighted by atomic mass is 19.4. The van der Waals surface area contributed by atoms with Crippen LogP contribution in [0, 0.1) is 6.92 Å². The number of aryl methyl sites for hydroxylation is 1. The second-order valence-electron chi connectivity index (χ2n) is 8.46. The fraction of sp³-hybridized carbons (Fsp3) is 0.545. The van der Waals surface area contributed by atoms with Gasteiger partial charge in [-0.2, -0.15) is 18.3 Å². The molecule has 1 saturated carbocycles. The number of benzene rings is 1. The predicted octanol–water partition coefficient (Wildman–Crippen LogP) is 5.26. The molecule has 8 heteroatoms. The Labute approximate surface area is 174 Å². The molecule has 1 aliphatic heterocycles. The van der Waals surface area contributed by atoms with E-state index in [9.17, 15) is 18.0 Å². The molecule has 5 nitrogen and oxygen atoms in total. The Morgan fingerprint density at radius 2 is 1.83 bits per heavy atom. The van der Waals surface area contributed by atoms with E-state index in [1.54, 1.807) is 11.9 Å². The Morgan fingerprint density at radius 3 is 2.47 bits per heavy atom. The summed E-state index contributed by atoms with van der Waals surface area (Å²) in [5.41, 5.74) is 2.01. The Balaban J connectivity index is 1.67. The highest BCUT2D eigenvalue weighted by Crippen LogP contribution is 2.44. The minimum Gasteiger partial charge on any atom is -0.363 e. The summed E-state index contributed by atoms with van der Waals surface area (Å²) in [5.74, 6) is -0.122. The third kappa shape index (κ3) is 3.91. The van der Waals surface area contributed by atoms with Crippen molar-refractivity contribution in [2.45, 2.75) is 69.8 Å². The van der Waals surface area contributed by atoms with Gasteiger partial charge in [-0.1, -0.05) is 49.1 Å². The quantitative estimate of drug-likeness (QED) is 0.737. The second-order valence-corrected chi connectivity index (χ2v) is 8.46. The number of hydrogen-bond donors (Lipinski definition) is 1. The van der Waals surface area contributed by atoms with Gasteiger partial charge in [0.1, 0.15) is 11.4 Å². The summed E-state index contributed by atoms with van der Waals surface area (Å²) in [6.45, 7) is 1.93. The van der Waals surface area contributed by atoms with Crippen LogP contribution in [0.1, 0.15) is 72.1 Å². The number of carbonyl (C=O) groups is 1. The van der Waals surface area contributed by atoms with Gasteiger partial charge in [0.15, 0.2) is 6.04 Å². The monoisotopic (exact) mass is 420 g/mol. The molecule has 4 rings (SSSR count). The number of hydrogen-bond acceptors (Lipinski definition) is 3. The van der Waals surface area contributed by atoms with Gasteiger partial charge in [0.05, 0.1) is 12.2 Å². The first-order chi connectivity index (χ1) is 14.3. The molecule has 2 aliphatic rings. The first-order valence-corrected chi connectivity index (χ1v) is 10.5. The van der Waals surface area contributed by atoms with Crippen molar-refractivity contribution in [1.82, 2.24) is 14.7 Å². The van der Waals surface area contributed by atoms with Crippen LogP contribution in [0.5, 0.6) is 0 Å². The maximum Gasteiger partial charge on any atom is 0.410 e. The number of anilines is 1. The maximum atomic E-state index is 13.8. The van der Waals surface area contributed by atoms with Crippen molar-refractivity contribution in [3.63, 3.8) is 0 Å². The summed E-state index contributed by atoms with van der Waals surface area (Å²) >= 11 is 0. The molecular formula is C22H27F3N4O. The van der Waals surface area contributed by atoms with E-state index in [1.165, 1.54) is 6.20 Å². The molecule has 2 aromatic rings. The molecule has 1 aliphatic carbocycles. The number of nitrogens with zero attached hydrogens (tertiary/aromatic N) is 3. The lowest BCUT2D eigenvalue weighted by Gasteiger charge is -2.35. The first kappa shape index (κ1) is 20.8. The van der Waals surface area contributed by atoms with Gasteiger partial charge in [-0.25, -0.2) is 4.68 Å². The van der Waals surface area contributed by atoms with Crippen molar-refractivity contribution in [1.29, 1.82) is 0 Å². The summed E-state index contributed by atoms with van der Waals surface area (Å²) in [6.07, 6.45) is 1.80. The molecule has 0 bridgehead atoms. The number of alkyl halides is 3. The third-order valence-electron chi connectivity index (χ3n) is 6.39. The van der Waals surface area contributed by atoms with Crippen molar-refractivity contribution >= 4 is 11.7 Å². The lowest BCUT2D eigenvalue weighted by molar-refractivity contribution is -0.173. The van der Waals surface area contributed by atoms with Gasteiger partial charge in [0.2, 0.25) is 0 Å². The van der Waals surface area contributed by atoms with Gasteiger partial charge in [-0.15, -0.1) is 0 Å². The largest absolute Gasteiger partial charge is 0.410 e. The third-order valence-corrected chi connectivity index (χ3v) is 6.39. The zero-order chi connectivity index (χ0) is 21.5. The molecule has 1 aromatic heterocycles. The summed E-state index contributed by atoms with van der Waals surface area (Å²) < 4.78 is 42.5. The van der Waals surface area contributed by atoms with E-state index >= 15 is 0 Å². The molecule has 1 fully saturated rings. The van der Waals surface area contributed by atoms with Crippen LogP contribution in [0.4, 0.5) is 19.0 Å². The summed E-state index contributed by atoms with van der Waals surface area (Å²) in [4.78, 5) is 14.8. The normalized spacial score (nSPS) is 22.3. The Bertz CT molecular complexity index is 900. The van der Waals surface area contributed by atoms with Crippen LogP contribution in [0.3, 0.4) is 0 Å². The van der Waals surface area contributed by atoms with Crippen LogP contribution in [-0.4, -0.2) is 39.9 Å². The average molecular weight is 420 g/mol. The standard InChI is InChI=1S/C22H27F3N4O/c1-14-8-10-15(11-9-14)18-12-19(22(23,24)25)29-20(27-18)17(13-26-29)21(30)28(2)16-6-4-3-5-7-16/h8-11,13,16,18-19,27H,3-7,12H2,1-2H3. The summed E-state index contributed by atoms with van der Waals surface area (Å²) in [5, 5.41) is 7.16. The number of rotatable bonds is 3. The molecule has 30 heavy (non-hydrogen) atoms. The van der Waals surface area contributed by atoms with Crippen LogP contribution < -0.4 is 5.32 Å². The molecule has 1 amide bonds. The van der Waals surface area contributed by atoms with E-state index in [2.05, 4.69) is 10.4 Å². The first-order valence-electron chi connectivity index (χ1n) is 10.5. The van der Waals surface area contributed by atoms with Gasteiger partial charge < -0.3 is 10.2 Å². The Kier molecular flexibility index (Phi) is 5.51. The van der Waals surface area contributed by atoms with E-state index in [-0.39, 0.29) is 29.8 Å². The Hall–Kier alpha value is -2.51. The number of aromatic nitrogens is 2. The van der Waals surface area contributed by atoms with Crippen molar-refractivity contribution in [2.75, 3.05) is 12.4 Å². The van der Waals surface area contributed by atoms with Crippen molar-refractivity contribution in [2.24, 2.45) is 0 Å². The smallest absolute Gasteiger partial charge is 0.363 e. The zero-order valence-electron chi connectivity index (χ0n) is 17.2. The van der Waals surface area contributed by atoms with Gasteiger partial charge in [-0.05, 0) is 25.3 Å². The number of nitrogens with one attached hydrogen (secondary N) is 1. The summed E-state index contributed by atoms with van der Waals surface area (Å²) in [7, 11) is 1.74. The molecule has 2 atom stereocenters. The Morgan fingerprint density at radius 1 is 1.17 bits per heavy atom. The van der Waals surface area contributed by atoms with Crippen LogP contribution in [0.25, 0.3) is 0 Å². The predicted molar refractivity (Wildman–Crippen MR) is 108 cm³/mol. The molecule has 0 saturated heterocycles. The van der Waals surface area contributed by atoms with E-state index in [0.717, 1.165) is 47.9 Å². The zero-order valence-corrected chi connectivity index (χ0v) is 17.2. The molecule has 2 unspecified atom stereocenters.